The zero-order valence-corrected chi connectivity index (χ0v) is 13.0. The number of aromatic nitrogens is 2. The number of ether oxygens (including phenoxy) is 1. The lowest BCUT2D eigenvalue weighted by Crippen LogP contribution is -2.50. The third-order valence-corrected chi connectivity index (χ3v) is 4.53. The van der Waals surface area contributed by atoms with E-state index >= 15 is 0 Å². The first-order valence-corrected chi connectivity index (χ1v) is 7.89. The Balaban J connectivity index is 1.80. The van der Waals surface area contributed by atoms with E-state index in [1.165, 1.54) is 12.7 Å². The van der Waals surface area contributed by atoms with Crippen LogP contribution in [0, 0.1) is 10.1 Å². The molecular weight excluding hydrogens is 286 g/mol. The number of imidazole rings is 1. The first-order valence-electron chi connectivity index (χ1n) is 7.89. The van der Waals surface area contributed by atoms with Gasteiger partial charge >= 0.3 is 5.82 Å². The van der Waals surface area contributed by atoms with Gasteiger partial charge in [0.25, 0.3) is 0 Å². The van der Waals surface area contributed by atoms with Crippen molar-refractivity contribution >= 4 is 11.6 Å². The van der Waals surface area contributed by atoms with Crippen molar-refractivity contribution in [2.24, 2.45) is 7.05 Å². The van der Waals surface area contributed by atoms with E-state index in [1.807, 2.05) is 7.05 Å². The van der Waals surface area contributed by atoms with E-state index in [9.17, 15) is 10.1 Å². The summed E-state index contributed by atoms with van der Waals surface area (Å²) in [6.07, 6.45) is 4.85. The van der Waals surface area contributed by atoms with Crippen LogP contribution in [0.4, 0.5) is 11.6 Å². The van der Waals surface area contributed by atoms with Gasteiger partial charge in [-0.2, -0.15) is 0 Å². The molecule has 2 aliphatic rings. The number of nitro groups is 1. The molecule has 3 heterocycles. The molecule has 0 saturated carbocycles. The molecule has 1 unspecified atom stereocenters. The lowest BCUT2D eigenvalue weighted by atomic mass is 10.0. The monoisotopic (exact) mass is 309 g/mol. The van der Waals surface area contributed by atoms with Gasteiger partial charge in [0.15, 0.2) is 0 Å². The number of hydrogen-bond donors (Lipinski definition) is 0. The molecule has 1 atom stereocenters. The van der Waals surface area contributed by atoms with E-state index in [2.05, 4.69) is 14.8 Å². The van der Waals surface area contributed by atoms with Gasteiger partial charge in [0.2, 0.25) is 12.1 Å². The second-order valence-corrected chi connectivity index (χ2v) is 6.02. The van der Waals surface area contributed by atoms with E-state index in [0.29, 0.717) is 11.9 Å². The number of morpholine rings is 1. The van der Waals surface area contributed by atoms with Gasteiger partial charge in [0.1, 0.15) is 0 Å². The minimum absolute atomic E-state index is 0.0311. The second kappa shape index (κ2) is 6.62. The van der Waals surface area contributed by atoms with E-state index in [1.54, 1.807) is 4.57 Å². The molecule has 0 aromatic carbocycles. The first-order chi connectivity index (χ1) is 10.7. The van der Waals surface area contributed by atoms with Crippen LogP contribution in [0.2, 0.25) is 0 Å². The van der Waals surface area contributed by atoms with Crippen molar-refractivity contribution < 1.29 is 9.66 Å². The quantitative estimate of drug-likeness (QED) is 0.610. The fraction of sp³-hybridized carbons (Fsp3) is 0.786. The van der Waals surface area contributed by atoms with Crippen LogP contribution in [0.25, 0.3) is 0 Å². The molecule has 0 bridgehead atoms. The van der Waals surface area contributed by atoms with Crippen molar-refractivity contribution in [3.63, 3.8) is 0 Å². The predicted molar refractivity (Wildman–Crippen MR) is 82.1 cm³/mol. The highest BCUT2D eigenvalue weighted by molar-refractivity contribution is 5.55. The molecule has 3 rings (SSSR count). The van der Waals surface area contributed by atoms with Crippen LogP contribution in [0.1, 0.15) is 19.3 Å². The first kappa shape index (κ1) is 15.2. The molecule has 2 fully saturated rings. The van der Waals surface area contributed by atoms with Gasteiger partial charge in [0, 0.05) is 39.3 Å². The second-order valence-electron chi connectivity index (χ2n) is 6.02. The Morgan fingerprint density at radius 3 is 2.86 bits per heavy atom. The van der Waals surface area contributed by atoms with Gasteiger partial charge < -0.3 is 19.8 Å². The number of aryl methyl sites for hydroxylation is 1. The SMILES string of the molecule is Cn1cnc([N+](=O)[O-])c1N1CCCCC1CN1CCOCC1. The average Bonchev–Trinajstić information content (AvgIpc) is 2.91. The topological polar surface area (TPSA) is 76.7 Å². The average molecular weight is 309 g/mol. The lowest BCUT2D eigenvalue weighted by Gasteiger charge is -2.40. The van der Waals surface area contributed by atoms with Crippen LogP contribution in [0.5, 0.6) is 0 Å². The summed E-state index contributed by atoms with van der Waals surface area (Å²) < 4.78 is 7.17. The minimum Gasteiger partial charge on any atom is -0.379 e. The molecule has 0 radical (unpaired) electrons. The van der Waals surface area contributed by atoms with Crippen LogP contribution < -0.4 is 4.90 Å². The highest BCUT2D eigenvalue weighted by atomic mass is 16.6. The number of nitrogens with zero attached hydrogens (tertiary/aromatic N) is 5. The molecule has 1 aromatic rings. The Morgan fingerprint density at radius 2 is 2.14 bits per heavy atom. The Labute approximate surface area is 129 Å². The summed E-state index contributed by atoms with van der Waals surface area (Å²) >= 11 is 0. The molecule has 122 valence electrons. The normalized spacial score (nSPS) is 23.7. The maximum Gasteiger partial charge on any atom is 0.406 e. The van der Waals surface area contributed by atoms with E-state index < -0.39 is 0 Å². The fourth-order valence-electron chi connectivity index (χ4n) is 3.42. The van der Waals surface area contributed by atoms with Crippen LogP contribution in [0.15, 0.2) is 6.33 Å². The highest BCUT2D eigenvalue weighted by Crippen LogP contribution is 2.31. The lowest BCUT2D eigenvalue weighted by molar-refractivity contribution is -0.388. The summed E-state index contributed by atoms with van der Waals surface area (Å²) in [5.74, 6) is 0.610. The summed E-state index contributed by atoms with van der Waals surface area (Å²) in [5.41, 5.74) is 0. The third kappa shape index (κ3) is 3.07. The van der Waals surface area contributed by atoms with E-state index in [4.69, 9.17) is 4.74 Å². The molecule has 2 saturated heterocycles. The maximum absolute atomic E-state index is 11.3. The summed E-state index contributed by atoms with van der Waals surface area (Å²) in [5, 5.41) is 11.3. The molecule has 0 amide bonds. The van der Waals surface area contributed by atoms with Crippen molar-refractivity contribution in [3.8, 4) is 0 Å². The Morgan fingerprint density at radius 1 is 1.36 bits per heavy atom. The van der Waals surface area contributed by atoms with Crippen molar-refractivity contribution in [2.45, 2.75) is 25.3 Å². The number of hydrogen-bond acceptors (Lipinski definition) is 6. The summed E-state index contributed by atoms with van der Waals surface area (Å²) in [7, 11) is 1.83. The van der Waals surface area contributed by atoms with Gasteiger partial charge in [-0.3, -0.25) is 9.47 Å². The summed E-state index contributed by atoms with van der Waals surface area (Å²) in [6, 6.07) is 0.306. The molecule has 2 aliphatic heterocycles. The minimum atomic E-state index is -0.379. The van der Waals surface area contributed by atoms with Crippen molar-refractivity contribution in [1.29, 1.82) is 0 Å². The molecular formula is C14H23N5O3. The molecule has 8 nitrogen and oxygen atoms in total. The third-order valence-electron chi connectivity index (χ3n) is 4.53. The Hall–Kier alpha value is -1.67. The zero-order valence-electron chi connectivity index (χ0n) is 13.0. The van der Waals surface area contributed by atoms with Gasteiger partial charge in [-0.1, -0.05) is 0 Å². The van der Waals surface area contributed by atoms with Gasteiger partial charge in [-0.25, -0.2) is 0 Å². The van der Waals surface area contributed by atoms with Gasteiger partial charge in [0.05, 0.1) is 13.2 Å². The molecule has 8 heteroatoms. The molecule has 0 spiro atoms. The number of anilines is 1. The standard InChI is InChI=1S/C14H23N5O3/c1-16-11-15-13(19(20)21)14(16)18-5-3-2-4-12(18)10-17-6-8-22-9-7-17/h11-12H,2-10H2,1H3. The van der Waals surface area contributed by atoms with Crippen LogP contribution in [-0.4, -0.2) is 64.8 Å². The fourth-order valence-corrected chi connectivity index (χ4v) is 3.42. The highest BCUT2D eigenvalue weighted by Gasteiger charge is 2.33. The predicted octanol–water partition coefficient (Wildman–Crippen LogP) is 1.02. The van der Waals surface area contributed by atoms with Crippen LogP contribution in [-0.2, 0) is 11.8 Å². The van der Waals surface area contributed by atoms with Crippen LogP contribution in [0.3, 0.4) is 0 Å². The van der Waals surface area contributed by atoms with Crippen molar-refractivity contribution in [3.05, 3.63) is 16.4 Å². The zero-order chi connectivity index (χ0) is 15.5. The van der Waals surface area contributed by atoms with Gasteiger partial charge in [-0.05, 0) is 29.2 Å². The van der Waals surface area contributed by atoms with Crippen molar-refractivity contribution in [2.75, 3.05) is 44.3 Å². The number of rotatable bonds is 4. The Bertz CT molecular complexity index is 527. The molecule has 0 N–H and O–H groups in total. The maximum atomic E-state index is 11.3. The van der Waals surface area contributed by atoms with Crippen LogP contribution >= 0.6 is 0 Å². The summed E-state index contributed by atoms with van der Waals surface area (Å²) in [6.45, 7) is 5.23. The number of piperidine rings is 1. The van der Waals surface area contributed by atoms with Gasteiger partial charge in [-0.15, -0.1) is 0 Å². The largest absolute Gasteiger partial charge is 0.406 e. The molecule has 0 aliphatic carbocycles. The molecule has 22 heavy (non-hydrogen) atoms. The molecule has 1 aromatic heterocycles. The Kier molecular flexibility index (Phi) is 4.58. The smallest absolute Gasteiger partial charge is 0.379 e. The van der Waals surface area contributed by atoms with E-state index in [0.717, 1.165) is 52.2 Å². The summed E-state index contributed by atoms with van der Waals surface area (Å²) in [4.78, 5) is 19.4. The van der Waals surface area contributed by atoms with Crippen molar-refractivity contribution in [1.82, 2.24) is 14.5 Å². The van der Waals surface area contributed by atoms with E-state index in [-0.39, 0.29) is 10.7 Å².